The Balaban J connectivity index is 2.49. The van der Waals surface area contributed by atoms with Gasteiger partial charge in [-0.25, -0.2) is 4.39 Å². The summed E-state index contributed by atoms with van der Waals surface area (Å²) in [4.78, 5) is 0. The van der Waals surface area contributed by atoms with Crippen LogP contribution in [0.1, 0.15) is 6.92 Å². The van der Waals surface area contributed by atoms with Crippen molar-refractivity contribution >= 4 is 11.6 Å². The Bertz CT molecular complexity index is 357. The van der Waals surface area contributed by atoms with E-state index in [4.69, 9.17) is 16.3 Å². The fourth-order valence-corrected chi connectivity index (χ4v) is 1.43. The Hall–Kier alpha value is -1.06. The molecule has 1 N–H and O–H groups in total. The summed E-state index contributed by atoms with van der Waals surface area (Å²) in [5, 5.41) is 3.41. The summed E-state index contributed by atoms with van der Waals surface area (Å²) in [5.74, 6) is 0.130. The summed E-state index contributed by atoms with van der Waals surface area (Å²) in [6, 6.07) is 4.09. The summed E-state index contributed by atoms with van der Waals surface area (Å²) >= 11 is 5.83. The zero-order valence-corrected chi connectivity index (χ0v) is 9.93. The summed E-state index contributed by atoms with van der Waals surface area (Å²) in [7, 11) is 0. The number of hydrogen-bond acceptors (Lipinski definition) is 2. The van der Waals surface area contributed by atoms with E-state index in [1.807, 2.05) is 6.92 Å². The highest BCUT2D eigenvalue weighted by Crippen LogP contribution is 2.25. The van der Waals surface area contributed by atoms with Crippen LogP contribution in [0.4, 0.5) is 4.39 Å². The third-order valence-electron chi connectivity index (χ3n) is 1.94. The van der Waals surface area contributed by atoms with Gasteiger partial charge in [-0.05, 0) is 25.1 Å². The lowest BCUT2D eigenvalue weighted by Crippen LogP contribution is -2.29. The molecule has 0 radical (unpaired) electrons. The lowest BCUT2D eigenvalue weighted by molar-refractivity contribution is 0.219. The van der Waals surface area contributed by atoms with E-state index in [0.29, 0.717) is 12.3 Å². The van der Waals surface area contributed by atoms with E-state index in [9.17, 15) is 4.39 Å². The standard InChI is InChI=1S/C12H15ClFNO/c1-3-6-15-8-9(2)16-12-5-4-10(14)7-11(12)13/h3-5,7,9,15H,1,6,8H2,2H3. The van der Waals surface area contributed by atoms with Gasteiger partial charge in [0.05, 0.1) is 5.02 Å². The predicted molar refractivity (Wildman–Crippen MR) is 64.6 cm³/mol. The monoisotopic (exact) mass is 243 g/mol. The molecule has 0 heterocycles. The maximum Gasteiger partial charge on any atom is 0.138 e. The molecule has 1 aromatic carbocycles. The van der Waals surface area contributed by atoms with Crippen molar-refractivity contribution in [2.45, 2.75) is 13.0 Å². The van der Waals surface area contributed by atoms with Crippen molar-refractivity contribution in [1.29, 1.82) is 0 Å². The molecule has 16 heavy (non-hydrogen) atoms. The second kappa shape index (κ2) is 6.51. The van der Waals surface area contributed by atoms with Crippen LogP contribution in [0.3, 0.4) is 0 Å². The quantitative estimate of drug-likeness (QED) is 0.613. The molecule has 1 atom stereocenters. The topological polar surface area (TPSA) is 21.3 Å². The summed E-state index contributed by atoms with van der Waals surface area (Å²) in [6.45, 7) is 6.92. The summed E-state index contributed by atoms with van der Waals surface area (Å²) < 4.78 is 18.3. The van der Waals surface area contributed by atoms with E-state index in [1.54, 1.807) is 6.08 Å². The van der Waals surface area contributed by atoms with Crippen molar-refractivity contribution < 1.29 is 9.13 Å². The van der Waals surface area contributed by atoms with Gasteiger partial charge in [-0.3, -0.25) is 0 Å². The van der Waals surface area contributed by atoms with Gasteiger partial charge in [0.1, 0.15) is 17.7 Å². The molecule has 2 nitrogen and oxygen atoms in total. The smallest absolute Gasteiger partial charge is 0.138 e. The predicted octanol–water partition coefficient (Wildman–Crippen LogP) is 3.02. The molecule has 0 saturated heterocycles. The zero-order valence-electron chi connectivity index (χ0n) is 9.17. The van der Waals surface area contributed by atoms with Crippen LogP contribution < -0.4 is 10.1 Å². The highest BCUT2D eigenvalue weighted by atomic mass is 35.5. The molecule has 0 aliphatic rings. The lowest BCUT2D eigenvalue weighted by Gasteiger charge is -2.15. The fraction of sp³-hybridized carbons (Fsp3) is 0.333. The zero-order chi connectivity index (χ0) is 12.0. The lowest BCUT2D eigenvalue weighted by atomic mass is 10.3. The molecule has 0 aliphatic carbocycles. The first-order valence-corrected chi connectivity index (χ1v) is 5.44. The van der Waals surface area contributed by atoms with E-state index in [0.717, 1.165) is 6.54 Å². The van der Waals surface area contributed by atoms with Gasteiger partial charge < -0.3 is 10.1 Å². The van der Waals surface area contributed by atoms with Crippen LogP contribution in [-0.2, 0) is 0 Å². The highest BCUT2D eigenvalue weighted by molar-refractivity contribution is 6.32. The minimum atomic E-state index is -0.366. The van der Waals surface area contributed by atoms with Gasteiger partial charge in [0.2, 0.25) is 0 Å². The number of ether oxygens (including phenoxy) is 1. The second-order valence-electron chi connectivity index (χ2n) is 3.45. The van der Waals surface area contributed by atoms with E-state index in [1.165, 1.54) is 18.2 Å². The van der Waals surface area contributed by atoms with Crippen molar-refractivity contribution in [2.24, 2.45) is 0 Å². The van der Waals surface area contributed by atoms with Gasteiger partial charge in [0.25, 0.3) is 0 Å². The molecule has 0 amide bonds. The number of benzene rings is 1. The minimum Gasteiger partial charge on any atom is -0.488 e. The summed E-state index contributed by atoms with van der Waals surface area (Å²) in [6.07, 6.45) is 1.74. The molecule has 4 heteroatoms. The SMILES string of the molecule is C=CCNCC(C)Oc1ccc(F)cc1Cl. The molecule has 0 bridgehead atoms. The van der Waals surface area contributed by atoms with Gasteiger partial charge in [-0.2, -0.15) is 0 Å². The molecular formula is C12H15ClFNO. The Morgan fingerprint density at radius 2 is 2.38 bits per heavy atom. The molecular weight excluding hydrogens is 229 g/mol. The number of nitrogens with one attached hydrogen (secondary N) is 1. The first kappa shape index (κ1) is 13.0. The first-order valence-electron chi connectivity index (χ1n) is 5.07. The van der Waals surface area contributed by atoms with E-state index in [-0.39, 0.29) is 16.9 Å². The molecule has 0 fully saturated rings. The van der Waals surface area contributed by atoms with Crippen molar-refractivity contribution in [1.82, 2.24) is 5.32 Å². The minimum absolute atomic E-state index is 0.0390. The third kappa shape index (κ3) is 4.21. The Morgan fingerprint density at radius 1 is 1.62 bits per heavy atom. The van der Waals surface area contributed by atoms with Crippen LogP contribution in [0, 0.1) is 5.82 Å². The number of hydrogen-bond donors (Lipinski definition) is 1. The first-order chi connectivity index (χ1) is 7.63. The maximum atomic E-state index is 12.8. The number of halogens is 2. The normalized spacial score (nSPS) is 12.2. The molecule has 0 aliphatic heterocycles. The molecule has 1 aromatic rings. The largest absolute Gasteiger partial charge is 0.488 e. The molecule has 0 spiro atoms. The molecule has 88 valence electrons. The fourth-order valence-electron chi connectivity index (χ4n) is 1.22. The number of rotatable bonds is 6. The second-order valence-corrected chi connectivity index (χ2v) is 3.86. The highest BCUT2D eigenvalue weighted by Gasteiger charge is 2.07. The van der Waals surface area contributed by atoms with Crippen molar-refractivity contribution in [3.05, 3.63) is 41.7 Å². The van der Waals surface area contributed by atoms with Crippen LogP contribution in [0.15, 0.2) is 30.9 Å². The van der Waals surface area contributed by atoms with Crippen LogP contribution in [0.5, 0.6) is 5.75 Å². The van der Waals surface area contributed by atoms with Crippen LogP contribution in [0.25, 0.3) is 0 Å². The van der Waals surface area contributed by atoms with Gasteiger partial charge in [0.15, 0.2) is 0 Å². The molecule has 1 unspecified atom stereocenters. The van der Waals surface area contributed by atoms with E-state index < -0.39 is 0 Å². The average molecular weight is 244 g/mol. The van der Waals surface area contributed by atoms with Gasteiger partial charge in [-0.1, -0.05) is 17.7 Å². The average Bonchev–Trinajstić information content (AvgIpc) is 2.23. The van der Waals surface area contributed by atoms with Crippen LogP contribution >= 0.6 is 11.6 Å². The van der Waals surface area contributed by atoms with Gasteiger partial charge in [0, 0.05) is 13.1 Å². The molecule has 1 rings (SSSR count). The van der Waals surface area contributed by atoms with Gasteiger partial charge >= 0.3 is 0 Å². The van der Waals surface area contributed by atoms with Crippen LogP contribution in [-0.4, -0.2) is 19.2 Å². The maximum absolute atomic E-state index is 12.8. The van der Waals surface area contributed by atoms with Crippen LogP contribution in [0.2, 0.25) is 5.02 Å². The Labute approximate surface area is 100 Å². The van der Waals surface area contributed by atoms with Crippen molar-refractivity contribution in [3.63, 3.8) is 0 Å². The third-order valence-corrected chi connectivity index (χ3v) is 2.24. The van der Waals surface area contributed by atoms with E-state index in [2.05, 4.69) is 11.9 Å². The van der Waals surface area contributed by atoms with Gasteiger partial charge in [-0.15, -0.1) is 6.58 Å². The Kier molecular flexibility index (Phi) is 5.29. The van der Waals surface area contributed by atoms with E-state index >= 15 is 0 Å². The van der Waals surface area contributed by atoms with Crippen molar-refractivity contribution in [3.8, 4) is 5.75 Å². The van der Waals surface area contributed by atoms with Crippen molar-refractivity contribution in [2.75, 3.05) is 13.1 Å². The Morgan fingerprint density at radius 3 is 3.00 bits per heavy atom. The molecule has 0 aromatic heterocycles. The summed E-state index contributed by atoms with van der Waals surface area (Å²) in [5.41, 5.74) is 0. The molecule has 0 saturated carbocycles.